The summed E-state index contributed by atoms with van der Waals surface area (Å²) in [6.45, 7) is 11.0. The van der Waals surface area contributed by atoms with Crippen LogP contribution in [0.15, 0.2) is 24.3 Å². The van der Waals surface area contributed by atoms with Crippen LogP contribution in [0.25, 0.3) is 0 Å². The van der Waals surface area contributed by atoms with Crippen molar-refractivity contribution in [2.45, 2.75) is 46.7 Å². The molecule has 0 heterocycles. The second-order valence-corrected chi connectivity index (χ2v) is 6.54. The number of amides is 2. The molecule has 0 fully saturated rings. The standard InChI is InChI=1S/C19H31N3O3/c1-7-21(13-19(24)22(14(2)3)15(4)5)12-18(23)20-16-10-8-9-11-17(16)25-6/h8-11,14-15H,7,12-13H2,1-6H3,(H,20,23). The molecule has 0 bridgehead atoms. The molecule has 0 aromatic heterocycles. The van der Waals surface area contributed by atoms with Crippen molar-refractivity contribution in [1.29, 1.82) is 0 Å². The third-order valence-corrected chi connectivity index (χ3v) is 3.96. The van der Waals surface area contributed by atoms with E-state index >= 15 is 0 Å². The zero-order valence-electron chi connectivity index (χ0n) is 16.2. The third-order valence-electron chi connectivity index (χ3n) is 3.96. The lowest BCUT2D eigenvalue weighted by molar-refractivity contribution is -0.136. The Kier molecular flexibility index (Phi) is 8.41. The van der Waals surface area contributed by atoms with E-state index in [-0.39, 0.29) is 37.0 Å². The quantitative estimate of drug-likeness (QED) is 0.744. The Bertz CT molecular complexity index is 565. The maximum Gasteiger partial charge on any atom is 0.238 e. The number of nitrogens with one attached hydrogen (secondary N) is 1. The Morgan fingerprint density at radius 2 is 1.68 bits per heavy atom. The Labute approximate surface area is 151 Å². The number of ether oxygens (including phenoxy) is 1. The second-order valence-electron chi connectivity index (χ2n) is 6.54. The van der Waals surface area contributed by atoms with Gasteiger partial charge in [0.1, 0.15) is 5.75 Å². The number of carbonyl (C=O) groups excluding carboxylic acids is 2. The molecule has 1 N–H and O–H groups in total. The summed E-state index contributed by atoms with van der Waals surface area (Å²) in [6.07, 6.45) is 0. The SMILES string of the molecule is CCN(CC(=O)Nc1ccccc1OC)CC(=O)N(C(C)C)C(C)C. The minimum atomic E-state index is -0.167. The van der Waals surface area contributed by atoms with E-state index < -0.39 is 0 Å². The van der Waals surface area contributed by atoms with Gasteiger partial charge in [-0.3, -0.25) is 14.5 Å². The van der Waals surface area contributed by atoms with E-state index in [4.69, 9.17) is 4.74 Å². The third kappa shape index (κ3) is 6.38. The van der Waals surface area contributed by atoms with Crippen molar-refractivity contribution in [1.82, 2.24) is 9.80 Å². The molecular weight excluding hydrogens is 318 g/mol. The summed E-state index contributed by atoms with van der Waals surface area (Å²) >= 11 is 0. The first kappa shape index (κ1) is 21.0. The molecule has 0 aliphatic heterocycles. The van der Waals surface area contributed by atoms with Crippen LogP contribution in [0.3, 0.4) is 0 Å². The highest BCUT2D eigenvalue weighted by Gasteiger charge is 2.22. The molecule has 0 saturated carbocycles. The molecule has 1 aromatic rings. The van der Waals surface area contributed by atoms with Crippen LogP contribution in [0, 0.1) is 0 Å². The summed E-state index contributed by atoms with van der Waals surface area (Å²) < 4.78 is 5.24. The van der Waals surface area contributed by atoms with Crippen molar-refractivity contribution >= 4 is 17.5 Å². The van der Waals surface area contributed by atoms with Crippen LogP contribution in [-0.4, -0.2) is 60.4 Å². The van der Waals surface area contributed by atoms with Gasteiger partial charge in [0.25, 0.3) is 0 Å². The number of methoxy groups -OCH3 is 1. The summed E-state index contributed by atoms with van der Waals surface area (Å²) in [5.41, 5.74) is 0.628. The normalized spacial score (nSPS) is 11.1. The highest BCUT2D eigenvalue weighted by Crippen LogP contribution is 2.22. The maximum absolute atomic E-state index is 12.6. The molecule has 0 aliphatic rings. The smallest absolute Gasteiger partial charge is 0.238 e. The molecule has 0 unspecified atom stereocenters. The Morgan fingerprint density at radius 3 is 2.20 bits per heavy atom. The van der Waals surface area contributed by atoms with Crippen LogP contribution in [0.2, 0.25) is 0 Å². The molecule has 0 atom stereocenters. The van der Waals surface area contributed by atoms with E-state index in [0.29, 0.717) is 18.0 Å². The lowest BCUT2D eigenvalue weighted by Crippen LogP contribution is -2.48. The number of benzene rings is 1. The minimum Gasteiger partial charge on any atom is -0.495 e. The van der Waals surface area contributed by atoms with Crippen molar-refractivity contribution in [2.24, 2.45) is 0 Å². The summed E-state index contributed by atoms with van der Waals surface area (Å²) in [5.74, 6) is 0.484. The van der Waals surface area contributed by atoms with E-state index in [9.17, 15) is 9.59 Å². The number of rotatable bonds is 9. The van der Waals surface area contributed by atoms with Crippen LogP contribution < -0.4 is 10.1 Å². The molecule has 0 spiro atoms. The average Bonchev–Trinajstić information content (AvgIpc) is 2.53. The molecule has 2 amide bonds. The number of hydrogen-bond donors (Lipinski definition) is 1. The first-order chi connectivity index (χ1) is 11.8. The number of likely N-dealkylation sites (N-methyl/N-ethyl adjacent to an activating group) is 1. The lowest BCUT2D eigenvalue weighted by atomic mass is 10.2. The summed E-state index contributed by atoms with van der Waals surface area (Å²) in [4.78, 5) is 28.6. The molecule has 140 valence electrons. The molecule has 6 nitrogen and oxygen atoms in total. The number of anilines is 1. The van der Waals surface area contributed by atoms with Crippen molar-refractivity contribution in [3.63, 3.8) is 0 Å². The fourth-order valence-corrected chi connectivity index (χ4v) is 2.87. The fraction of sp³-hybridized carbons (Fsp3) is 0.579. The van der Waals surface area contributed by atoms with E-state index in [2.05, 4.69) is 5.32 Å². The number of para-hydroxylation sites is 2. The van der Waals surface area contributed by atoms with Gasteiger partial charge >= 0.3 is 0 Å². The predicted molar refractivity (Wildman–Crippen MR) is 101 cm³/mol. The van der Waals surface area contributed by atoms with Crippen molar-refractivity contribution in [2.75, 3.05) is 32.1 Å². The van der Waals surface area contributed by atoms with Gasteiger partial charge in [0, 0.05) is 12.1 Å². The number of hydrogen-bond acceptors (Lipinski definition) is 4. The van der Waals surface area contributed by atoms with Gasteiger partial charge in [-0.1, -0.05) is 19.1 Å². The Hall–Kier alpha value is -2.08. The van der Waals surface area contributed by atoms with Gasteiger partial charge in [0.2, 0.25) is 11.8 Å². The van der Waals surface area contributed by atoms with Crippen LogP contribution in [0.1, 0.15) is 34.6 Å². The van der Waals surface area contributed by atoms with E-state index in [1.54, 1.807) is 19.2 Å². The predicted octanol–water partition coefficient (Wildman–Crippen LogP) is 2.60. The van der Waals surface area contributed by atoms with E-state index in [0.717, 1.165) is 0 Å². The van der Waals surface area contributed by atoms with Gasteiger partial charge in [0.05, 0.1) is 25.9 Å². The highest BCUT2D eigenvalue weighted by atomic mass is 16.5. The monoisotopic (exact) mass is 349 g/mol. The van der Waals surface area contributed by atoms with Gasteiger partial charge in [-0.15, -0.1) is 0 Å². The molecule has 1 rings (SSSR count). The Balaban J connectivity index is 2.68. The van der Waals surface area contributed by atoms with Crippen LogP contribution in [0.5, 0.6) is 5.75 Å². The Morgan fingerprint density at radius 1 is 1.08 bits per heavy atom. The first-order valence-corrected chi connectivity index (χ1v) is 8.76. The molecule has 6 heteroatoms. The molecule has 0 radical (unpaired) electrons. The van der Waals surface area contributed by atoms with E-state index in [1.165, 1.54) is 0 Å². The maximum atomic E-state index is 12.6. The fourth-order valence-electron chi connectivity index (χ4n) is 2.87. The molecule has 25 heavy (non-hydrogen) atoms. The van der Waals surface area contributed by atoms with Gasteiger partial charge in [-0.25, -0.2) is 0 Å². The summed E-state index contributed by atoms with van der Waals surface area (Å²) in [6, 6.07) is 7.53. The zero-order chi connectivity index (χ0) is 19.0. The van der Waals surface area contributed by atoms with Crippen molar-refractivity contribution in [3.8, 4) is 5.75 Å². The van der Waals surface area contributed by atoms with Crippen LogP contribution >= 0.6 is 0 Å². The average molecular weight is 349 g/mol. The lowest BCUT2D eigenvalue weighted by Gasteiger charge is -2.32. The van der Waals surface area contributed by atoms with Gasteiger partial charge < -0.3 is 15.0 Å². The number of carbonyl (C=O) groups is 2. The summed E-state index contributed by atoms with van der Waals surface area (Å²) in [7, 11) is 1.56. The van der Waals surface area contributed by atoms with E-state index in [1.807, 2.05) is 56.6 Å². The molecular formula is C19H31N3O3. The van der Waals surface area contributed by atoms with Crippen LogP contribution in [0.4, 0.5) is 5.69 Å². The molecule has 0 aliphatic carbocycles. The van der Waals surface area contributed by atoms with Crippen molar-refractivity contribution < 1.29 is 14.3 Å². The topological polar surface area (TPSA) is 61.9 Å². The van der Waals surface area contributed by atoms with Crippen molar-refractivity contribution in [3.05, 3.63) is 24.3 Å². The molecule has 1 aromatic carbocycles. The molecule has 0 saturated heterocycles. The van der Waals surface area contributed by atoms with Gasteiger partial charge in [0.15, 0.2) is 0 Å². The van der Waals surface area contributed by atoms with Gasteiger partial charge in [-0.05, 0) is 46.4 Å². The first-order valence-electron chi connectivity index (χ1n) is 8.76. The minimum absolute atomic E-state index is 0.0388. The summed E-state index contributed by atoms with van der Waals surface area (Å²) in [5, 5.41) is 2.84. The second kappa shape index (κ2) is 10.0. The highest BCUT2D eigenvalue weighted by molar-refractivity contribution is 5.94. The van der Waals surface area contributed by atoms with Gasteiger partial charge in [-0.2, -0.15) is 0 Å². The number of nitrogens with zero attached hydrogens (tertiary/aromatic N) is 2. The van der Waals surface area contributed by atoms with Crippen LogP contribution in [-0.2, 0) is 9.59 Å². The largest absolute Gasteiger partial charge is 0.495 e. The zero-order valence-corrected chi connectivity index (χ0v) is 16.2.